The van der Waals surface area contributed by atoms with Gasteiger partial charge in [-0.2, -0.15) is 0 Å². The number of carboxylic acids is 1. The molecule has 1 heterocycles. The summed E-state index contributed by atoms with van der Waals surface area (Å²) in [5, 5.41) is 12.0. The zero-order valence-electron chi connectivity index (χ0n) is 15.9. The van der Waals surface area contributed by atoms with Gasteiger partial charge in [-0.05, 0) is 44.9 Å². The van der Waals surface area contributed by atoms with Gasteiger partial charge in [0.25, 0.3) is 5.91 Å². The quantitative estimate of drug-likeness (QED) is 0.662. The summed E-state index contributed by atoms with van der Waals surface area (Å²) in [7, 11) is 0. The Morgan fingerprint density at radius 3 is 2.46 bits per heavy atom. The third-order valence-corrected chi connectivity index (χ3v) is 4.92. The molecule has 1 aromatic heterocycles. The lowest BCUT2D eigenvalue weighted by Gasteiger charge is -2.42. The molecule has 1 fully saturated rings. The average Bonchev–Trinajstić information content (AvgIpc) is 2.60. The van der Waals surface area contributed by atoms with Gasteiger partial charge in [0.1, 0.15) is 5.82 Å². The smallest absolute Gasteiger partial charge is 0.317 e. The van der Waals surface area contributed by atoms with Crippen LogP contribution in [0.2, 0.25) is 0 Å². The maximum absolute atomic E-state index is 12.4. The molecule has 2 N–H and O–H groups in total. The fourth-order valence-electron chi connectivity index (χ4n) is 3.36. The molecule has 0 saturated heterocycles. The number of hydrogen-bond donors (Lipinski definition) is 2. The Hall–Kier alpha value is -2.15. The monoisotopic (exact) mass is 362 g/mol. The van der Waals surface area contributed by atoms with Crippen LogP contribution >= 0.6 is 0 Å². The molecule has 26 heavy (non-hydrogen) atoms. The van der Waals surface area contributed by atoms with Crippen molar-refractivity contribution >= 4 is 17.7 Å². The van der Waals surface area contributed by atoms with E-state index in [0.29, 0.717) is 12.1 Å². The minimum Gasteiger partial charge on any atom is -0.480 e. The van der Waals surface area contributed by atoms with Crippen molar-refractivity contribution in [2.24, 2.45) is 0 Å². The molecule has 144 valence electrons. The molecule has 7 heteroatoms. The summed E-state index contributed by atoms with van der Waals surface area (Å²) in [5.41, 5.74) is 0.558. The van der Waals surface area contributed by atoms with Crippen molar-refractivity contribution < 1.29 is 14.7 Å². The van der Waals surface area contributed by atoms with Crippen LogP contribution in [0.25, 0.3) is 0 Å². The molecule has 0 atom stereocenters. The molecule has 1 aliphatic carbocycles. The van der Waals surface area contributed by atoms with Gasteiger partial charge in [0.2, 0.25) is 0 Å². The Labute approximate surface area is 155 Å². The van der Waals surface area contributed by atoms with E-state index in [2.05, 4.69) is 29.0 Å². The number of rotatable bonds is 10. The van der Waals surface area contributed by atoms with Gasteiger partial charge in [0.05, 0.1) is 12.1 Å². The topological polar surface area (TPSA) is 85.8 Å². The number of likely N-dealkylation sites (N-methyl/N-ethyl adjacent to an activating group) is 1. The van der Waals surface area contributed by atoms with E-state index in [0.717, 1.165) is 38.2 Å². The van der Waals surface area contributed by atoms with E-state index in [1.165, 1.54) is 0 Å². The van der Waals surface area contributed by atoms with Crippen molar-refractivity contribution in [3.63, 3.8) is 0 Å². The van der Waals surface area contributed by atoms with E-state index in [1.54, 1.807) is 6.20 Å². The Morgan fingerprint density at radius 1 is 1.23 bits per heavy atom. The number of nitrogens with one attached hydrogen (secondary N) is 1. The first-order valence-corrected chi connectivity index (χ1v) is 9.46. The standard InChI is InChI=1S/C19H30N4O3/c1-4-9-22(5-2)17-8-7-14(12-20-17)19(26)21-15-10-16(11-15)23(6-3)13-18(24)25/h7-8,12,15-16H,4-6,9-11,13H2,1-3H3,(H,21,26)(H,24,25). The van der Waals surface area contributed by atoms with Crippen molar-refractivity contribution in [1.82, 2.24) is 15.2 Å². The molecule has 0 aliphatic heterocycles. The summed E-state index contributed by atoms with van der Waals surface area (Å²) in [4.78, 5) is 31.8. The van der Waals surface area contributed by atoms with Gasteiger partial charge in [0, 0.05) is 31.4 Å². The van der Waals surface area contributed by atoms with Gasteiger partial charge in [0.15, 0.2) is 0 Å². The number of amides is 1. The number of aliphatic carboxylic acids is 1. The molecule has 0 aromatic carbocycles. The van der Waals surface area contributed by atoms with E-state index >= 15 is 0 Å². The summed E-state index contributed by atoms with van der Waals surface area (Å²) in [5.74, 6) is -0.0381. The summed E-state index contributed by atoms with van der Waals surface area (Å²) in [6, 6.07) is 4.04. The van der Waals surface area contributed by atoms with Gasteiger partial charge in [-0.3, -0.25) is 14.5 Å². The van der Waals surface area contributed by atoms with Gasteiger partial charge in [-0.25, -0.2) is 4.98 Å². The molecule has 0 bridgehead atoms. The van der Waals surface area contributed by atoms with E-state index in [1.807, 2.05) is 24.0 Å². The van der Waals surface area contributed by atoms with Crippen molar-refractivity contribution in [2.75, 3.05) is 31.1 Å². The molecule has 1 aliphatic rings. The number of anilines is 1. The fourth-order valence-corrected chi connectivity index (χ4v) is 3.36. The van der Waals surface area contributed by atoms with Crippen LogP contribution in [0.5, 0.6) is 0 Å². The highest BCUT2D eigenvalue weighted by atomic mass is 16.4. The lowest BCUT2D eigenvalue weighted by Crippen LogP contribution is -2.54. The minimum atomic E-state index is -0.810. The predicted octanol–water partition coefficient (Wildman–Crippen LogP) is 1.99. The highest BCUT2D eigenvalue weighted by molar-refractivity contribution is 5.94. The third kappa shape index (κ3) is 5.17. The van der Waals surface area contributed by atoms with E-state index < -0.39 is 5.97 Å². The second-order valence-corrected chi connectivity index (χ2v) is 6.74. The van der Waals surface area contributed by atoms with Crippen LogP contribution in [0, 0.1) is 0 Å². The van der Waals surface area contributed by atoms with Crippen LogP contribution in [0.15, 0.2) is 18.3 Å². The van der Waals surface area contributed by atoms with Crippen molar-refractivity contribution in [2.45, 2.75) is 52.1 Å². The minimum absolute atomic E-state index is 0.0545. The molecule has 0 unspecified atom stereocenters. The van der Waals surface area contributed by atoms with Crippen LogP contribution in [0.1, 0.15) is 50.4 Å². The number of pyridine rings is 1. The summed E-state index contributed by atoms with van der Waals surface area (Å²) < 4.78 is 0. The Balaban J connectivity index is 1.84. The zero-order chi connectivity index (χ0) is 19.1. The van der Waals surface area contributed by atoms with Crippen molar-refractivity contribution in [3.05, 3.63) is 23.9 Å². The highest BCUT2D eigenvalue weighted by Crippen LogP contribution is 2.26. The fraction of sp³-hybridized carbons (Fsp3) is 0.632. The molecule has 0 spiro atoms. The van der Waals surface area contributed by atoms with Gasteiger partial charge < -0.3 is 15.3 Å². The Kier molecular flexibility index (Phi) is 7.38. The summed E-state index contributed by atoms with van der Waals surface area (Å²) >= 11 is 0. The van der Waals surface area contributed by atoms with Crippen LogP contribution in [-0.4, -0.2) is 65.1 Å². The highest BCUT2D eigenvalue weighted by Gasteiger charge is 2.34. The van der Waals surface area contributed by atoms with Gasteiger partial charge in [-0.1, -0.05) is 13.8 Å². The van der Waals surface area contributed by atoms with E-state index in [9.17, 15) is 9.59 Å². The number of carbonyl (C=O) groups excluding carboxylic acids is 1. The van der Waals surface area contributed by atoms with Crippen LogP contribution in [0.4, 0.5) is 5.82 Å². The summed E-state index contributed by atoms with van der Waals surface area (Å²) in [6.45, 7) is 8.78. The molecule has 7 nitrogen and oxygen atoms in total. The average molecular weight is 362 g/mol. The van der Waals surface area contributed by atoms with E-state index in [4.69, 9.17) is 5.11 Å². The number of carbonyl (C=O) groups is 2. The number of nitrogens with zero attached hydrogens (tertiary/aromatic N) is 3. The Morgan fingerprint density at radius 2 is 1.96 bits per heavy atom. The maximum atomic E-state index is 12.4. The lowest BCUT2D eigenvalue weighted by molar-refractivity contribution is -0.139. The molecular weight excluding hydrogens is 332 g/mol. The molecule has 0 radical (unpaired) electrons. The van der Waals surface area contributed by atoms with Crippen LogP contribution in [-0.2, 0) is 4.79 Å². The first kappa shape index (κ1) is 20.2. The molecule has 1 aromatic rings. The number of carboxylic acid groups (broad SMARTS) is 1. The molecule has 1 amide bonds. The Bertz CT molecular complexity index is 599. The predicted molar refractivity (Wildman–Crippen MR) is 102 cm³/mol. The molecule has 2 rings (SSSR count). The second kappa shape index (κ2) is 9.52. The first-order chi connectivity index (χ1) is 12.5. The molecular formula is C19H30N4O3. The van der Waals surface area contributed by atoms with Crippen LogP contribution < -0.4 is 10.2 Å². The van der Waals surface area contributed by atoms with Gasteiger partial charge >= 0.3 is 5.97 Å². The number of aromatic nitrogens is 1. The van der Waals surface area contributed by atoms with Gasteiger partial charge in [-0.15, -0.1) is 0 Å². The lowest BCUT2D eigenvalue weighted by atomic mass is 9.85. The second-order valence-electron chi connectivity index (χ2n) is 6.74. The SMILES string of the molecule is CCCN(CC)c1ccc(C(=O)NC2CC(N(CC)CC(=O)O)C2)cn1. The number of hydrogen-bond acceptors (Lipinski definition) is 5. The normalized spacial score (nSPS) is 19.1. The maximum Gasteiger partial charge on any atom is 0.317 e. The van der Waals surface area contributed by atoms with Crippen molar-refractivity contribution in [1.29, 1.82) is 0 Å². The molecule has 1 saturated carbocycles. The zero-order valence-corrected chi connectivity index (χ0v) is 15.9. The summed E-state index contributed by atoms with van der Waals surface area (Å²) in [6.07, 6.45) is 4.26. The first-order valence-electron chi connectivity index (χ1n) is 9.46. The van der Waals surface area contributed by atoms with Crippen molar-refractivity contribution in [3.8, 4) is 0 Å². The van der Waals surface area contributed by atoms with Crippen LogP contribution in [0.3, 0.4) is 0 Å². The van der Waals surface area contributed by atoms with E-state index in [-0.39, 0.29) is 24.5 Å². The largest absolute Gasteiger partial charge is 0.480 e. The third-order valence-electron chi connectivity index (χ3n) is 4.92.